The zero-order valence-corrected chi connectivity index (χ0v) is 6.52. The maximum Gasteiger partial charge on any atom is 0.394 e. The van der Waals surface area contributed by atoms with E-state index in [9.17, 15) is 13.2 Å². The molecule has 12 heavy (non-hydrogen) atoms. The van der Waals surface area contributed by atoms with E-state index in [2.05, 4.69) is 10.5 Å². The van der Waals surface area contributed by atoms with Gasteiger partial charge < -0.3 is 0 Å². The van der Waals surface area contributed by atoms with Crippen LogP contribution >= 0.6 is 0 Å². The largest absolute Gasteiger partial charge is 0.394 e. The Balaban J connectivity index is 2.52. The average molecular weight is 177 g/mol. The van der Waals surface area contributed by atoms with E-state index in [4.69, 9.17) is 0 Å². The third-order valence-corrected chi connectivity index (χ3v) is 1.38. The minimum absolute atomic E-state index is 0.000602. The fourth-order valence-corrected chi connectivity index (χ4v) is 0.843. The molecule has 0 fully saturated rings. The monoisotopic (exact) mass is 177 g/mol. The molecule has 1 radical (unpaired) electrons. The number of nitrogens with zero attached hydrogens (tertiary/aromatic N) is 2. The molecule has 0 saturated heterocycles. The van der Waals surface area contributed by atoms with Gasteiger partial charge in [-0.3, -0.25) is 0 Å². The van der Waals surface area contributed by atoms with Crippen molar-refractivity contribution >= 4 is 5.71 Å². The van der Waals surface area contributed by atoms with Crippen LogP contribution in [-0.4, -0.2) is 11.9 Å². The van der Waals surface area contributed by atoms with Crippen LogP contribution in [0.5, 0.6) is 0 Å². The minimum atomic E-state index is -4.19. The first kappa shape index (κ1) is 9.09. The standard InChI is InChI=1S/C7H8F3N2/c1-2-5-3-6(12-11-5)4-7(8,9)10/h3H,2,4H2,1H3. The lowest BCUT2D eigenvalue weighted by atomic mass is 10.2. The second-order valence-electron chi connectivity index (χ2n) is 2.47. The van der Waals surface area contributed by atoms with Crippen molar-refractivity contribution < 1.29 is 13.2 Å². The molecule has 67 valence electrons. The second kappa shape index (κ2) is 3.16. The van der Waals surface area contributed by atoms with Crippen LogP contribution in [0, 0.1) is 0 Å². The highest BCUT2D eigenvalue weighted by atomic mass is 19.4. The predicted molar refractivity (Wildman–Crippen MR) is 38.6 cm³/mol. The summed E-state index contributed by atoms with van der Waals surface area (Å²) in [6.07, 6.45) is -3.17. The molecule has 0 amide bonds. The van der Waals surface area contributed by atoms with Crippen molar-refractivity contribution in [3.63, 3.8) is 0 Å². The van der Waals surface area contributed by atoms with Crippen LogP contribution in [0.2, 0.25) is 0 Å². The highest BCUT2D eigenvalue weighted by molar-refractivity contribution is 5.97. The zero-order valence-electron chi connectivity index (χ0n) is 6.52. The predicted octanol–water partition coefficient (Wildman–Crippen LogP) is 2.21. The van der Waals surface area contributed by atoms with Crippen molar-refractivity contribution in [1.29, 1.82) is 0 Å². The normalized spacial score (nSPS) is 17.0. The summed E-state index contributed by atoms with van der Waals surface area (Å²) >= 11 is 0. The Morgan fingerprint density at radius 1 is 1.42 bits per heavy atom. The summed E-state index contributed by atoms with van der Waals surface area (Å²) in [7, 11) is 0. The van der Waals surface area contributed by atoms with E-state index >= 15 is 0 Å². The van der Waals surface area contributed by atoms with Gasteiger partial charge in [0, 0.05) is 0 Å². The van der Waals surface area contributed by atoms with Gasteiger partial charge in [-0.15, -0.1) is 0 Å². The maximum atomic E-state index is 11.8. The number of halogens is 3. The molecule has 2 nitrogen and oxygen atoms in total. The summed E-state index contributed by atoms with van der Waals surface area (Å²) < 4.78 is 35.4. The maximum absolute atomic E-state index is 11.8. The SMILES string of the molecule is CCC1=CC(CC(F)(F)F)=N[N]1. The number of hydrogen-bond donors (Lipinski definition) is 0. The summed E-state index contributed by atoms with van der Waals surface area (Å²) in [4.78, 5) is 0. The quantitative estimate of drug-likeness (QED) is 0.618. The molecular weight excluding hydrogens is 169 g/mol. The van der Waals surface area contributed by atoms with Gasteiger partial charge in [0.05, 0.1) is 17.8 Å². The molecule has 0 atom stereocenters. The lowest BCUT2D eigenvalue weighted by Gasteiger charge is -2.01. The summed E-state index contributed by atoms with van der Waals surface area (Å²) in [5, 5.41) is 3.40. The minimum Gasteiger partial charge on any atom is -0.171 e. The number of alkyl halides is 3. The lowest BCUT2D eigenvalue weighted by molar-refractivity contribution is -0.121. The topological polar surface area (TPSA) is 26.5 Å². The van der Waals surface area contributed by atoms with Gasteiger partial charge >= 0.3 is 6.18 Å². The fraction of sp³-hybridized carbons (Fsp3) is 0.571. The van der Waals surface area contributed by atoms with Crippen molar-refractivity contribution in [1.82, 2.24) is 5.43 Å². The van der Waals surface area contributed by atoms with Crippen LogP contribution in [0.15, 0.2) is 16.9 Å². The summed E-state index contributed by atoms with van der Waals surface area (Å²) in [6, 6.07) is 0. The van der Waals surface area contributed by atoms with E-state index in [1.807, 2.05) is 6.92 Å². The lowest BCUT2D eigenvalue weighted by Crippen LogP contribution is -2.12. The molecule has 0 aromatic heterocycles. The van der Waals surface area contributed by atoms with Gasteiger partial charge in [-0.1, -0.05) is 6.92 Å². The molecule has 1 aliphatic rings. The van der Waals surface area contributed by atoms with Crippen LogP contribution < -0.4 is 5.43 Å². The molecule has 0 aromatic carbocycles. The van der Waals surface area contributed by atoms with Crippen LogP contribution in [-0.2, 0) is 0 Å². The molecule has 0 bridgehead atoms. The Hall–Kier alpha value is -1.00. The van der Waals surface area contributed by atoms with Crippen molar-refractivity contribution in [2.75, 3.05) is 0 Å². The Morgan fingerprint density at radius 2 is 2.08 bits per heavy atom. The van der Waals surface area contributed by atoms with Gasteiger partial charge in [0.15, 0.2) is 0 Å². The van der Waals surface area contributed by atoms with Crippen molar-refractivity contribution in [2.24, 2.45) is 5.10 Å². The Labute approximate surface area is 68.1 Å². The Bertz CT molecular complexity index is 227. The highest BCUT2D eigenvalue weighted by Crippen LogP contribution is 2.22. The summed E-state index contributed by atoms with van der Waals surface area (Å²) in [5.74, 6) is 0. The van der Waals surface area contributed by atoms with Crippen molar-refractivity contribution in [2.45, 2.75) is 25.9 Å². The molecule has 0 N–H and O–H groups in total. The first-order valence-electron chi connectivity index (χ1n) is 3.56. The highest BCUT2D eigenvalue weighted by Gasteiger charge is 2.30. The van der Waals surface area contributed by atoms with E-state index < -0.39 is 12.6 Å². The van der Waals surface area contributed by atoms with Crippen molar-refractivity contribution in [3.05, 3.63) is 11.8 Å². The molecule has 0 spiro atoms. The van der Waals surface area contributed by atoms with E-state index in [1.165, 1.54) is 6.08 Å². The second-order valence-corrected chi connectivity index (χ2v) is 2.47. The molecule has 1 rings (SSSR count). The fourth-order valence-electron chi connectivity index (χ4n) is 0.843. The molecule has 0 saturated carbocycles. The van der Waals surface area contributed by atoms with Gasteiger partial charge in [0.1, 0.15) is 0 Å². The van der Waals surface area contributed by atoms with Crippen molar-refractivity contribution in [3.8, 4) is 0 Å². The first-order chi connectivity index (χ1) is 5.51. The van der Waals surface area contributed by atoms with Gasteiger partial charge in [-0.2, -0.15) is 23.7 Å². The van der Waals surface area contributed by atoms with Gasteiger partial charge in [0.25, 0.3) is 0 Å². The van der Waals surface area contributed by atoms with E-state index in [0.717, 1.165) is 0 Å². The third kappa shape index (κ3) is 2.56. The Morgan fingerprint density at radius 3 is 2.50 bits per heavy atom. The molecule has 5 heteroatoms. The first-order valence-corrected chi connectivity index (χ1v) is 3.56. The van der Waals surface area contributed by atoms with Crippen LogP contribution in [0.1, 0.15) is 19.8 Å². The van der Waals surface area contributed by atoms with Gasteiger partial charge in [-0.25, -0.2) is 0 Å². The number of allylic oxidation sites excluding steroid dienone is 2. The number of hydrogen-bond acceptors (Lipinski definition) is 1. The summed E-state index contributed by atoms with van der Waals surface area (Å²) in [6.45, 7) is 1.82. The number of rotatable bonds is 2. The average Bonchev–Trinajstić information content (AvgIpc) is 2.32. The molecule has 1 heterocycles. The smallest absolute Gasteiger partial charge is 0.171 e. The Kier molecular flexibility index (Phi) is 2.40. The molecule has 0 aromatic rings. The molecule has 0 unspecified atom stereocenters. The summed E-state index contributed by atoms with van der Waals surface area (Å²) in [5.41, 5.74) is 4.17. The van der Waals surface area contributed by atoms with E-state index in [-0.39, 0.29) is 5.71 Å². The molecule has 1 aliphatic heterocycles. The van der Waals surface area contributed by atoms with E-state index in [1.54, 1.807) is 0 Å². The van der Waals surface area contributed by atoms with Crippen LogP contribution in [0.3, 0.4) is 0 Å². The molecule has 0 aliphatic carbocycles. The zero-order chi connectivity index (χ0) is 9.19. The third-order valence-electron chi connectivity index (χ3n) is 1.38. The van der Waals surface area contributed by atoms with Gasteiger partial charge in [-0.05, 0) is 12.5 Å². The molecular formula is C7H8F3N2. The van der Waals surface area contributed by atoms with Crippen LogP contribution in [0.25, 0.3) is 0 Å². The van der Waals surface area contributed by atoms with Gasteiger partial charge in [0.2, 0.25) is 0 Å². The van der Waals surface area contributed by atoms with E-state index in [0.29, 0.717) is 12.1 Å². The van der Waals surface area contributed by atoms with Crippen LogP contribution in [0.4, 0.5) is 13.2 Å².